The molecule has 1 aliphatic heterocycles. The van der Waals surface area contributed by atoms with Gasteiger partial charge in [-0.05, 0) is 48.6 Å². The van der Waals surface area contributed by atoms with Gasteiger partial charge in [0.05, 0.1) is 23.8 Å². The number of aliphatic hydroxyl groups is 1. The van der Waals surface area contributed by atoms with E-state index in [1.165, 1.54) is 6.92 Å². The molecule has 1 heterocycles. The monoisotopic (exact) mass is 448 g/mol. The quantitative estimate of drug-likeness (QED) is 0.576. The van der Waals surface area contributed by atoms with E-state index in [1.54, 1.807) is 18.2 Å². The van der Waals surface area contributed by atoms with Crippen LogP contribution in [-0.2, 0) is 21.8 Å². The summed E-state index contributed by atoms with van der Waals surface area (Å²) in [6.45, 7) is 1.48. The van der Waals surface area contributed by atoms with Crippen LogP contribution in [0.15, 0.2) is 48.5 Å². The van der Waals surface area contributed by atoms with Gasteiger partial charge in [0, 0.05) is 12.5 Å². The molecule has 0 aromatic heterocycles. The lowest BCUT2D eigenvalue weighted by atomic mass is 9.82. The Morgan fingerprint density at radius 1 is 1.00 bits per heavy atom. The molecular weight excluding hydrogens is 426 g/mol. The summed E-state index contributed by atoms with van der Waals surface area (Å²) in [6, 6.07) is 10.4. The van der Waals surface area contributed by atoms with Crippen LogP contribution in [-0.4, -0.2) is 24.6 Å². The summed E-state index contributed by atoms with van der Waals surface area (Å²) in [5.74, 6) is -0.643. The molecule has 170 valence electrons. The highest BCUT2D eigenvalue weighted by Gasteiger charge is 2.39. The molecule has 31 heavy (non-hydrogen) atoms. The van der Waals surface area contributed by atoms with Gasteiger partial charge in [0.2, 0.25) is 0 Å². The first-order valence-corrected chi connectivity index (χ1v) is 9.73. The van der Waals surface area contributed by atoms with E-state index >= 15 is 0 Å². The lowest BCUT2D eigenvalue weighted by molar-refractivity contribution is -0.212. The Morgan fingerprint density at radius 3 is 2.10 bits per heavy atom. The van der Waals surface area contributed by atoms with E-state index < -0.39 is 41.8 Å². The van der Waals surface area contributed by atoms with Gasteiger partial charge in [-0.2, -0.15) is 26.3 Å². The molecule has 0 radical (unpaired) electrons. The van der Waals surface area contributed by atoms with E-state index in [0.717, 1.165) is 5.56 Å². The number of hydrogen-bond acceptors (Lipinski definition) is 3. The van der Waals surface area contributed by atoms with Crippen LogP contribution in [0.3, 0.4) is 0 Å². The van der Waals surface area contributed by atoms with E-state index in [4.69, 9.17) is 9.47 Å². The number of halogens is 6. The van der Waals surface area contributed by atoms with Crippen molar-refractivity contribution in [3.8, 4) is 0 Å². The van der Waals surface area contributed by atoms with Crippen molar-refractivity contribution in [2.75, 3.05) is 13.2 Å². The minimum Gasteiger partial charge on any atom is -0.396 e. The Kier molecular flexibility index (Phi) is 6.98. The fraction of sp³-hybridized carbons (Fsp3) is 0.455. The molecule has 1 fully saturated rings. The maximum absolute atomic E-state index is 13.2. The average Bonchev–Trinajstić information content (AvgIpc) is 2.72. The van der Waals surface area contributed by atoms with Gasteiger partial charge in [-0.25, -0.2) is 0 Å². The van der Waals surface area contributed by atoms with Crippen LogP contribution in [0.1, 0.15) is 47.6 Å². The normalized spacial score (nSPS) is 23.5. The minimum atomic E-state index is -4.94. The number of benzene rings is 2. The molecular formula is C22H22F6O3. The van der Waals surface area contributed by atoms with Crippen LogP contribution in [0.25, 0.3) is 0 Å². The number of alkyl halides is 6. The lowest BCUT2D eigenvalue weighted by Crippen LogP contribution is -2.38. The summed E-state index contributed by atoms with van der Waals surface area (Å²) in [5, 5.41) is 9.78. The topological polar surface area (TPSA) is 38.7 Å². The van der Waals surface area contributed by atoms with Gasteiger partial charge in [-0.15, -0.1) is 0 Å². The summed E-state index contributed by atoms with van der Waals surface area (Å²) in [5.41, 5.74) is -2.25. The second-order valence-corrected chi connectivity index (χ2v) is 7.52. The standard InChI is InChI=1S/C22H22F6O3/c1-13(16-9-17(21(23,24)25)11-18(10-16)22(26,27)28)31-20-19(14-5-3-2-4-6-14)15(12-29)7-8-30-20/h2-6,9-11,13,15,19-20,29H,7-8,12H2,1H3/t13?,15-,19-,20-/m1/s1. The van der Waals surface area contributed by atoms with Crippen LogP contribution in [0, 0.1) is 5.92 Å². The third-order valence-electron chi connectivity index (χ3n) is 5.41. The van der Waals surface area contributed by atoms with Crippen molar-refractivity contribution in [2.24, 2.45) is 5.92 Å². The summed E-state index contributed by atoms with van der Waals surface area (Å²) in [7, 11) is 0. The second-order valence-electron chi connectivity index (χ2n) is 7.52. The third kappa shape index (κ3) is 5.58. The van der Waals surface area contributed by atoms with E-state index in [9.17, 15) is 31.4 Å². The smallest absolute Gasteiger partial charge is 0.396 e. The Labute approximate surface area is 175 Å². The van der Waals surface area contributed by atoms with E-state index in [-0.39, 0.29) is 30.8 Å². The molecule has 4 atom stereocenters. The van der Waals surface area contributed by atoms with Gasteiger partial charge in [0.15, 0.2) is 6.29 Å². The molecule has 1 aliphatic rings. The summed E-state index contributed by atoms with van der Waals surface area (Å²) >= 11 is 0. The fourth-order valence-corrected chi connectivity index (χ4v) is 3.77. The average molecular weight is 448 g/mol. The van der Waals surface area contributed by atoms with E-state index in [0.29, 0.717) is 18.6 Å². The van der Waals surface area contributed by atoms with Crippen LogP contribution >= 0.6 is 0 Å². The fourth-order valence-electron chi connectivity index (χ4n) is 3.77. The molecule has 2 aromatic carbocycles. The minimum absolute atomic E-state index is 0.0852. The molecule has 0 bridgehead atoms. The Morgan fingerprint density at radius 2 is 1.58 bits per heavy atom. The van der Waals surface area contributed by atoms with Crippen molar-refractivity contribution in [1.29, 1.82) is 0 Å². The van der Waals surface area contributed by atoms with E-state index in [2.05, 4.69) is 0 Å². The second kappa shape index (κ2) is 9.18. The number of rotatable bonds is 5. The molecule has 1 N–H and O–H groups in total. The van der Waals surface area contributed by atoms with Crippen molar-refractivity contribution in [1.82, 2.24) is 0 Å². The summed E-state index contributed by atoms with van der Waals surface area (Å²) in [6.07, 6.45) is -11.4. The highest BCUT2D eigenvalue weighted by molar-refractivity contribution is 5.34. The predicted molar refractivity (Wildman–Crippen MR) is 100 cm³/mol. The first-order chi connectivity index (χ1) is 14.5. The van der Waals surface area contributed by atoms with Gasteiger partial charge in [-0.1, -0.05) is 30.3 Å². The van der Waals surface area contributed by atoms with Crippen molar-refractivity contribution in [3.63, 3.8) is 0 Å². The molecule has 1 saturated heterocycles. The molecule has 0 amide bonds. The first kappa shape index (κ1) is 23.6. The maximum atomic E-state index is 13.2. The van der Waals surface area contributed by atoms with Crippen molar-refractivity contribution >= 4 is 0 Å². The highest BCUT2D eigenvalue weighted by atomic mass is 19.4. The molecule has 0 saturated carbocycles. The largest absolute Gasteiger partial charge is 0.416 e. The predicted octanol–water partition coefficient (Wildman–Crippen LogP) is 5.94. The van der Waals surface area contributed by atoms with Crippen LogP contribution in [0.2, 0.25) is 0 Å². The Hall–Kier alpha value is -2.10. The zero-order chi connectivity index (χ0) is 22.8. The van der Waals surface area contributed by atoms with Crippen LogP contribution in [0.4, 0.5) is 26.3 Å². The zero-order valence-electron chi connectivity index (χ0n) is 16.6. The van der Waals surface area contributed by atoms with Crippen molar-refractivity contribution in [2.45, 2.75) is 44.0 Å². The number of ether oxygens (including phenoxy) is 2. The summed E-state index contributed by atoms with van der Waals surface area (Å²) < 4.78 is 90.6. The molecule has 2 aromatic rings. The third-order valence-corrected chi connectivity index (χ3v) is 5.41. The van der Waals surface area contributed by atoms with Gasteiger partial charge in [-0.3, -0.25) is 0 Å². The highest BCUT2D eigenvalue weighted by Crippen LogP contribution is 2.41. The molecule has 0 spiro atoms. The molecule has 1 unspecified atom stereocenters. The SMILES string of the molecule is CC(O[C@H]1OCC[C@H](CO)[C@H]1c1ccccc1)c1cc(C(F)(F)F)cc(C(F)(F)F)c1. The van der Waals surface area contributed by atoms with Gasteiger partial charge < -0.3 is 14.6 Å². The Balaban J connectivity index is 1.92. The van der Waals surface area contributed by atoms with Crippen molar-refractivity contribution in [3.05, 3.63) is 70.8 Å². The van der Waals surface area contributed by atoms with Gasteiger partial charge in [0.1, 0.15) is 0 Å². The molecule has 0 aliphatic carbocycles. The number of hydrogen-bond donors (Lipinski definition) is 1. The first-order valence-electron chi connectivity index (χ1n) is 9.73. The Bertz CT molecular complexity index is 834. The van der Waals surface area contributed by atoms with Crippen LogP contribution in [0.5, 0.6) is 0 Å². The molecule has 3 nitrogen and oxygen atoms in total. The molecule has 9 heteroatoms. The lowest BCUT2D eigenvalue weighted by Gasteiger charge is -2.38. The van der Waals surface area contributed by atoms with E-state index in [1.807, 2.05) is 12.1 Å². The van der Waals surface area contributed by atoms with Gasteiger partial charge in [0.25, 0.3) is 0 Å². The zero-order valence-corrected chi connectivity index (χ0v) is 16.6. The summed E-state index contributed by atoms with van der Waals surface area (Å²) in [4.78, 5) is 0. The molecule has 3 rings (SSSR count). The van der Waals surface area contributed by atoms with Crippen LogP contribution < -0.4 is 0 Å². The van der Waals surface area contributed by atoms with Crippen molar-refractivity contribution < 1.29 is 40.9 Å². The van der Waals surface area contributed by atoms with Gasteiger partial charge >= 0.3 is 12.4 Å². The number of aliphatic hydroxyl groups excluding tert-OH is 1. The maximum Gasteiger partial charge on any atom is 0.416 e.